The molecule has 0 N–H and O–H groups in total. The number of aromatic nitrogens is 1. The van der Waals surface area contributed by atoms with E-state index in [-0.39, 0.29) is 0 Å². The molecule has 152 valence electrons. The first-order valence-electron chi connectivity index (χ1n) is 11.8. The Balaban J connectivity index is 1.39. The number of nitrogens with zero attached hydrogens (tertiary/aromatic N) is 1. The van der Waals surface area contributed by atoms with Crippen molar-refractivity contribution >= 4 is 0 Å². The van der Waals surface area contributed by atoms with Crippen LogP contribution in [0.4, 0.5) is 0 Å². The molecule has 0 spiro atoms. The van der Waals surface area contributed by atoms with Crippen molar-refractivity contribution < 1.29 is 0 Å². The fraction of sp³-hybridized carbons (Fsp3) is 0.593. The number of hydrogen-bond donors (Lipinski definition) is 0. The second-order valence-corrected chi connectivity index (χ2v) is 8.88. The summed E-state index contributed by atoms with van der Waals surface area (Å²) in [5.74, 6) is 1.98. The minimum atomic E-state index is 0.954. The first kappa shape index (κ1) is 21.1. The summed E-state index contributed by atoms with van der Waals surface area (Å²) in [6.07, 6.45) is 18.7. The molecule has 1 aliphatic rings. The largest absolute Gasteiger partial charge is 0.256 e. The highest BCUT2D eigenvalue weighted by molar-refractivity contribution is 5.59. The van der Waals surface area contributed by atoms with Crippen LogP contribution in [0.1, 0.15) is 89.2 Å². The van der Waals surface area contributed by atoms with Gasteiger partial charge in [-0.1, -0.05) is 102 Å². The maximum Gasteiger partial charge on any atom is 0.0702 e. The van der Waals surface area contributed by atoms with Crippen LogP contribution >= 0.6 is 0 Å². The molecule has 0 saturated heterocycles. The third-order valence-corrected chi connectivity index (χ3v) is 6.76. The Kier molecular flexibility index (Phi) is 8.58. The molecule has 1 heteroatoms. The van der Waals surface area contributed by atoms with E-state index in [4.69, 9.17) is 0 Å². The fourth-order valence-electron chi connectivity index (χ4n) is 4.69. The van der Waals surface area contributed by atoms with Gasteiger partial charge in [-0.3, -0.25) is 4.98 Å². The second-order valence-electron chi connectivity index (χ2n) is 8.88. The molecule has 1 saturated carbocycles. The van der Waals surface area contributed by atoms with Gasteiger partial charge in [-0.15, -0.1) is 0 Å². The molecule has 2 aromatic rings. The second kappa shape index (κ2) is 11.4. The summed E-state index contributed by atoms with van der Waals surface area (Å²) in [4.78, 5) is 4.61. The maximum atomic E-state index is 4.61. The Labute approximate surface area is 173 Å². The molecule has 1 aromatic carbocycles. The van der Waals surface area contributed by atoms with Gasteiger partial charge in [0.25, 0.3) is 0 Å². The summed E-state index contributed by atoms with van der Waals surface area (Å²) in [5, 5.41) is 0. The summed E-state index contributed by atoms with van der Waals surface area (Å²) in [6.45, 7) is 4.48. The Morgan fingerprint density at radius 3 is 2.04 bits per heavy atom. The maximum absolute atomic E-state index is 4.61. The predicted octanol–water partition coefficient (Wildman–Crippen LogP) is 8.02. The van der Waals surface area contributed by atoms with Crippen molar-refractivity contribution in [3.05, 3.63) is 53.7 Å². The van der Waals surface area contributed by atoms with Gasteiger partial charge in [0.15, 0.2) is 0 Å². The van der Waals surface area contributed by atoms with Crippen LogP contribution in [0.5, 0.6) is 0 Å². The van der Waals surface area contributed by atoms with E-state index in [1.807, 2.05) is 6.20 Å². The normalized spacial score (nSPS) is 19.6. The van der Waals surface area contributed by atoms with Gasteiger partial charge in [0, 0.05) is 11.8 Å². The molecule has 1 fully saturated rings. The first-order chi connectivity index (χ1) is 13.8. The average Bonchev–Trinajstić information content (AvgIpc) is 2.76. The molecule has 1 aromatic heterocycles. The van der Waals surface area contributed by atoms with Gasteiger partial charge in [0.1, 0.15) is 0 Å². The van der Waals surface area contributed by atoms with E-state index < -0.39 is 0 Å². The predicted molar refractivity (Wildman–Crippen MR) is 122 cm³/mol. The van der Waals surface area contributed by atoms with Crippen LogP contribution in [0.3, 0.4) is 0 Å². The number of benzene rings is 1. The Morgan fingerprint density at radius 2 is 1.43 bits per heavy atom. The number of aryl methyl sites for hydroxylation is 2. The van der Waals surface area contributed by atoms with E-state index in [1.165, 1.54) is 87.3 Å². The molecule has 1 heterocycles. The van der Waals surface area contributed by atoms with Gasteiger partial charge in [0.05, 0.1) is 5.69 Å². The quantitative estimate of drug-likeness (QED) is 0.382. The Hall–Kier alpha value is -1.63. The number of unbranched alkanes of at least 4 members (excludes halogenated alkanes) is 3. The highest BCUT2D eigenvalue weighted by atomic mass is 14.7. The lowest BCUT2D eigenvalue weighted by Gasteiger charge is -2.28. The zero-order valence-electron chi connectivity index (χ0n) is 18.1. The first-order valence-corrected chi connectivity index (χ1v) is 11.8. The third-order valence-electron chi connectivity index (χ3n) is 6.76. The van der Waals surface area contributed by atoms with Crippen LogP contribution in [0.15, 0.2) is 42.6 Å². The van der Waals surface area contributed by atoms with E-state index >= 15 is 0 Å². The van der Waals surface area contributed by atoms with Crippen LogP contribution in [-0.2, 0) is 12.8 Å². The van der Waals surface area contributed by atoms with Gasteiger partial charge in [-0.25, -0.2) is 0 Å². The average molecular weight is 378 g/mol. The standard InChI is InChI=1S/C27H39N/c1-3-5-6-7-8-23-9-11-24(12-10-23)13-14-25-15-18-26(19-16-25)27-20-17-22(4-2)21-28-27/h15-21,23-24H,3-14H2,1-2H3. The molecule has 0 radical (unpaired) electrons. The number of pyridine rings is 1. The third kappa shape index (κ3) is 6.47. The lowest BCUT2D eigenvalue weighted by Crippen LogP contribution is -2.15. The van der Waals surface area contributed by atoms with Crippen molar-refractivity contribution in [3.8, 4) is 11.3 Å². The summed E-state index contributed by atoms with van der Waals surface area (Å²) in [7, 11) is 0. The van der Waals surface area contributed by atoms with Gasteiger partial charge < -0.3 is 0 Å². The molecule has 0 amide bonds. The highest BCUT2D eigenvalue weighted by Crippen LogP contribution is 2.34. The SMILES string of the molecule is CCCCCCC1CCC(CCc2ccc(-c3ccc(CC)cn3)cc2)CC1. The fourth-order valence-corrected chi connectivity index (χ4v) is 4.69. The van der Waals surface area contributed by atoms with Crippen molar-refractivity contribution in [2.24, 2.45) is 11.8 Å². The van der Waals surface area contributed by atoms with E-state index in [1.54, 1.807) is 0 Å². The topological polar surface area (TPSA) is 12.9 Å². The minimum absolute atomic E-state index is 0.954. The van der Waals surface area contributed by atoms with Gasteiger partial charge >= 0.3 is 0 Å². The zero-order valence-corrected chi connectivity index (χ0v) is 18.1. The smallest absolute Gasteiger partial charge is 0.0702 e. The molecule has 0 atom stereocenters. The van der Waals surface area contributed by atoms with Crippen molar-refractivity contribution in [3.63, 3.8) is 0 Å². The molecule has 1 aliphatic carbocycles. The van der Waals surface area contributed by atoms with Gasteiger partial charge in [-0.05, 0) is 48.3 Å². The van der Waals surface area contributed by atoms with E-state index in [0.29, 0.717) is 0 Å². The lowest BCUT2D eigenvalue weighted by molar-refractivity contribution is 0.249. The molecule has 0 bridgehead atoms. The number of hydrogen-bond acceptors (Lipinski definition) is 1. The molecular weight excluding hydrogens is 338 g/mol. The highest BCUT2D eigenvalue weighted by Gasteiger charge is 2.20. The molecule has 28 heavy (non-hydrogen) atoms. The molecular formula is C27H39N. The molecule has 0 unspecified atom stereocenters. The van der Waals surface area contributed by atoms with Crippen molar-refractivity contribution in [2.45, 2.75) is 90.9 Å². The van der Waals surface area contributed by atoms with Gasteiger partial charge in [0.2, 0.25) is 0 Å². The molecule has 0 aliphatic heterocycles. The zero-order chi connectivity index (χ0) is 19.6. The van der Waals surface area contributed by atoms with E-state index in [9.17, 15) is 0 Å². The van der Waals surface area contributed by atoms with Crippen molar-refractivity contribution in [2.75, 3.05) is 0 Å². The summed E-state index contributed by atoms with van der Waals surface area (Å²) in [6, 6.07) is 13.5. The lowest BCUT2D eigenvalue weighted by atomic mass is 9.77. The van der Waals surface area contributed by atoms with Crippen LogP contribution in [0.25, 0.3) is 11.3 Å². The van der Waals surface area contributed by atoms with E-state index in [2.05, 4.69) is 55.2 Å². The molecule has 3 rings (SSSR count). The Bertz CT molecular complexity index is 662. The van der Waals surface area contributed by atoms with Crippen molar-refractivity contribution in [1.82, 2.24) is 4.98 Å². The van der Waals surface area contributed by atoms with Gasteiger partial charge in [-0.2, -0.15) is 0 Å². The minimum Gasteiger partial charge on any atom is -0.256 e. The number of rotatable bonds is 10. The monoisotopic (exact) mass is 377 g/mol. The summed E-state index contributed by atoms with van der Waals surface area (Å²) >= 11 is 0. The van der Waals surface area contributed by atoms with Crippen LogP contribution in [-0.4, -0.2) is 4.98 Å². The van der Waals surface area contributed by atoms with E-state index in [0.717, 1.165) is 24.0 Å². The summed E-state index contributed by atoms with van der Waals surface area (Å²) < 4.78 is 0. The van der Waals surface area contributed by atoms with Crippen LogP contribution in [0, 0.1) is 11.8 Å². The molecule has 1 nitrogen and oxygen atoms in total. The Morgan fingerprint density at radius 1 is 0.750 bits per heavy atom. The van der Waals surface area contributed by atoms with Crippen LogP contribution < -0.4 is 0 Å². The van der Waals surface area contributed by atoms with Crippen LogP contribution in [0.2, 0.25) is 0 Å². The summed E-state index contributed by atoms with van der Waals surface area (Å²) in [5.41, 5.74) is 5.10. The van der Waals surface area contributed by atoms with Crippen molar-refractivity contribution in [1.29, 1.82) is 0 Å².